The Balaban J connectivity index is 1.29. The van der Waals surface area contributed by atoms with Crippen LogP contribution in [-0.2, 0) is 9.59 Å². The molecule has 182 valence electrons. The standard InChI is InChI=1S/C23H28Cl2N6O2S/c1-2-21(32)30-12-8-29(9-13-30)20-15-19(25)26-23(27-20)34-16-22(33)31-10-6-28(7-11-31)18-5-3-4-17(24)14-18/h3-5,14-15H,2,6-13,16H2,1H3. The topological polar surface area (TPSA) is 72.9 Å². The molecule has 1 aromatic carbocycles. The zero-order valence-electron chi connectivity index (χ0n) is 19.1. The van der Waals surface area contributed by atoms with Crippen LogP contribution in [0.1, 0.15) is 13.3 Å². The molecular weight excluding hydrogens is 495 g/mol. The van der Waals surface area contributed by atoms with Gasteiger partial charge < -0.3 is 19.6 Å². The van der Waals surface area contributed by atoms with Gasteiger partial charge in [-0.2, -0.15) is 0 Å². The SMILES string of the molecule is CCC(=O)N1CCN(c2cc(Cl)nc(SCC(=O)N3CCN(c4cccc(Cl)c4)CC3)n2)CC1. The normalized spacial score (nSPS) is 16.7. The van der Waals surface area contributed by atoms with E-state index in [9.17, 15) is 9.59 Å². The summed E-state index contributed by atoms with van der Waals surface area (Å²) in [6.07, 6.45) is 0.518. The second-order valence-electron chi connectivity index (χ2n) is 8.19. The van der Waals surface area contributed by atoms with Gasteiger partial charge in [-0.25, -0.2) is 9.97 Å². The number of carbonyl (C=O) groups is 2. The molecule has 0 radical (unpaired) electrons. The molecule has 4 rings (SSSR count). The number of piperazine rings is 2. The van der Waals surface area contributed by atoms with Gasteiger partial charge in [-0.3, -0.25) is 9.59 Å². The largest absolute Gasteiger partial charge is 0.368 e. The van der Waals surface area contributed by atoms with Crippen molar-refractivity contribution in [3.05, 3.63) is 40.5 Å². The Hall–Kier alpha value is -2.23. The van der Waals surface area contributed by atoms with E-state index in [0.717, 1.165) is 24.6 Å². The van der Waals surface area contributed by atoms with Crippen molar-refractivity contribution in [1.29, 1.82) is 0 Å². The lowest BCUT2D eigenvalue weighted by molar-refractivity contribution is -0.131. The van der Waals surface area contributed by atoms with Gasteiger partial charge in [0.25, 0.3) is 0 Å². The first-order chi connectivity index (χ1) is 16.4. The lowest BCUT2D eigenvalue weighted by Gasteiger charge is -2.36. The van der Waals surface area contributed by atoms with Gasteiger partial charge in [0.15, 0.2) is 5.16 Å². The van der Waals surface area contributed by atoms with Crippen LogP contribution in [0.4, 0.5) is 11.5 Å². The van der Waals surface area contributed by atoms with Crippen LogP contribution in [0.3, 0.4) is 0 Å². The molecule has 11 heteroatoms. The van der Waals surface area contributed by atoms with Gasteiger partial charge in [0.1, 0.15) is 11.0 Å². The lowest BCUT2D eigenvalue weighted by Crippen LogP contribution is -2.49. The third kappa shape index (κ3) is 6.25. The maximum atomic E-state index is 12.8. The van der Waals surface area contributed by atoms with Crippen molar-refractivity contribution >= 4 is 58.3 Å². The number of hydrogen-bond acceptors (Lipinski definition) is 7. The Labute approximate surface area is 214 Å². The van der Waals surface area contributed by atoms with Crippen LogP contribution in [0.15, 0.2) is 35.5 Å². The molecule has 2 amide bonds. The zero-order valence-corrected chi connectivity index (χ0v) is 21.5. The molecule has 2 aromatic rings. The van der Waals surface area contributed by atoms with Gasteiger partial charge in [0.05, 0.1) is 5.75 Å². The highest BCUT2D eigenvalue weighted by atomic mass is 35.5. The number of aromatic nitrogens is 2. The molecular formula is C23H28Cl2N6O2S. The third-order valence-corrected chi connectivity index (χ3v) is 7.31. The predicted molar refractivity (Wildman–Crippen MR) is 137 cm³/mol. The van der Waals surface area contributed by atoms with Crippen LogP contribution in [0.25, 0.3) is 0 Å². The zero-order chi connectivity index (χ0) is 24.1. The highest BCUT2D eigenvalue weighted by Gasteiger charge is 2.24. The fourth-order valence-electron chi connectivity index (χ4n) is 4.12. The predicted octanol–water partition coefficient (Wildman–Crippen LogP) is 3.28. The van der Waals surface area contributed by atoms with Crippen molar-refractivity contribution in [2.75, 3.05) is 67.9 Å². The van der Waals surface area contributed by atoms with E-state index in [-0.39, 0.29) is 17.6 Å². The van der Waals surface area contributed by atoms with Crippen LogP contribution in [-0.4, -0.2) is 89.7 Å². The van der Waals surface area contributed by atoms with E-state index in [1.54, 1.807) is 6.07 Å². The molecule has 2 aliphatic heterocycles. The molecule has 3 heterocycles. The summed E-state index contributed by atoms with van der Waals surface area (Å²) in [5.41, 5.74) is 1.08. The molecule has 2 fully saturated rings. The van der Waals surface area contributed by atoms with E-state index in [4.69, 9.17) is 23.2 Å². The Bertz CT molecular complexity index is 1030. The van der Waals surface area contributed by atoms with Crippen molar-refractivity contribution in [3.8, 4) is 0 Å². The van der Waals surface area contributed by atoms with E-state index >= 15 is 0 Å². The average molecular weight is 523 g/mol. The first-order valence-corrected chi connectivity index (χ1v) is 13.2. The summed E-state index contributed by atoms with van der Waals surface area (Å²) in [7, 11) is 0. The second kappa shape index (κ2) is 11.5. The number of amides is 2. The van der Waals surface area contributed by atoms with Gasteiger partial charge in [0, 0.05) is 75.6 Å². The summed E-state index contributed by atoms with van der Waals surface area (Å²) in [4.78, 5) is 41.7. The van der Waals surface area contributed by atoms with E-state index in [0.29, 0.717) is 61.0 Å². The van der Waals surface area contributed by atoms with Crippen molar-refractivity contribution < 1.29 is 9.59 Å². The molecule has 2 aliphatic rings. The number of rotatable bonds is 6. The van der Waals surface area contributed by atoms with E-state index in [2.05, 4.69) is 19.8 Å². The molecule has 34 heavy (non-hydrogen) atoms. The summed E-state index contributed by atoms with van der Waals surface area (Å²) >= 11 is 13.7. The smallest absolute Gasteiger partial charge is 0.233 e. The molecule has 0 spiro atoms. The summed E-state index contributed by atoms with van der Waals surface area (Å²) in [6.45, 7) is 7.44. The Kier molecular flexibility index (Phi) is 8.39. The van der Waals surface area contributed by atoms with Crippen LogP contribution in [0, 0.1) is 0 Å². The van der Waals surface area contributed by atoms with E-state index in [1.165, 1.54) is 11.8 Å². The van der Waals surface area contributed by atoms with Crippen molar-refractivity contribution in [1.82, 2.24) is 19.8 Å². The molecule has 0 bridgehead atoms. The van der Waals surface area contributed by atoms with Gasteiger partial charge in [-0.1, -0.05) is 48.0 Å². The minimum Gasteiger partial charge on any atom is -0.368 e. The van der Waals surface area contributed by atoms with Gasteiger partial charge >= 0.3 is 0 Å². The van der Waals surface area contributed by atoms with Crippen LogP contribution in [0.5, 0.6) is 0 Å². The quantitative estimate of drug-likeness (QED) is 0.327. The number of nitrogens with zero attached hydrogens (tertiary/aromatic N) is 6. The van der Waals surface area contributed by atoms with Gasteiger partial charge in [0.2, 0.25) is 11.8 Å². The average Bonchev–Trinajstić information content (AvgIpc) is 2.86. The molecule has 0 aliphatic carbocycles. The number of carbonyl (C=O) groups excluding carboxylic acids is 2. The number of benzene rings is 1. The fraction of sp³-hybridized carbons (Fsp3) is 0.478. The molecule has 0 atom stereocenters. The second-order valence-corrected chi connectivity index (χ2v) is 9.96. The monoisotopic (exact) mass is 522 g/mol. The van der Waals surface area contributed by atoms with Crippen molar-refractivity contribution in [3.63, 3.8) is 0 Å². The van der Waals surface area contributed by atoms with Crippen LogP contribution < -0.4 is 9.80 Å². The molecule has 0 unspecified atom stereocenters. The Morgan fingerprint density at radius 3 is 2.18 bits per heavy atom. The highest BCUT2D eigenvalue weighted by molar-refractivity contribution is 7.99. The minimum atomic E-state index is 0.0626. The van der Waals surface area contributed by atoms with E-state index < -0.39 is 0 Å². The first-order valence-electron chi connectivity index (χ1n) is 11.4. The van der Waals surface area contributed by atoms with Crippen molar-refractivity contribution in [2.24, 2.45) is 0 Å². The summed E-state index contributed by atoms with van der Waals surface area (Å²) in [6, 6.07) is 9.52. The Morgan fingerprint density at radius 1 is 0.882 bits per heavy atom. The minimum absolute atomic E-state index is 0.0626. The molecule has 2 saturated heterocycles. The molecule has 8 nitrogen and oxygen atoms in total. The Morgan fingerprint density at radius 2 is 1.53 bits per heavy atom. The first kappa shape index (κ1) is 24.9. The fourth-order valence-corrected chi connectivity index (χ4v) is 5.29. The lowest BCUT2D eigenvalue weighted by atomic mass is 10.2. The highest BCUT2D eigenvalue weighted by Crippen LogP contribution is 2.24. The van der Waals surface area contributed by atoms with Crippen molar-refractivity contribution in [2.45, 2.75) is 18.5 Å². The number of thioether (sulfide) groups is 1. The molecule has 0 saturated carbocycles. The summed E-state index contributed by atoms with van der Waals surface area (Å²) in [5, 5.41) is 1.55. The number of hydrogen-bond donors (Lipinski definition) is 0. The van der Waals surface area contributed by atoms with Gasteiger partial charge in [-0.15, -0.1) is 0 Å². The molecule has 0 N–H and O–H groups in total. The molecule has 1 aromatic heterocycles. The number of anilines is 2. The third-order valence-electron chi connectivity index (χ3n) is 6.05. The van der Waals surface area contributed by atoms with Gasteiger partial charge in [-0.05, 0) is 18.2 Å². The summed E-state index contributed by atoms with van der Waals surface area (Å²) in [5.74, 6) is 1.22. The van der Waals surface area contributed by atoms with Crippen LogP contribution in [0.2, 0.25) is 10.2 Å². The number of halogens is 2. The maximum Gasteiger partial charge on any atom is 0.233 e. The van der Waals surface area contributed by atoms with E-state index in [1.807, 2.05) is 41.0 Å². The van der Waals surface area contributed by atoms with Crippen LogP contribution >= 0.6 is 35.0 Å². The maximum absolute atomic E-state index is 12.8. The summed E-state index contributed by atoms with van der Waals surface area (Å²) < 4.78 is 0.